The van der Waals surface area contributed by atoms with E-state index in [2.05, 4.69) is 43.1 Å². The monoisotopic (exact) mass is 802 g/mol. The van der Waals surface area contributed by atoms with Crippen LogP contribution >= 0.6 is 0 Å². The van der Waals surface area contributed by atoms with Crippen molar-refractivity contribution in [1.29, 1.82) is 0 Å². The number of anilines is 2. The molecule has 4 heterocycles. The van der Waals surface area contributed by atoms with Crippen molar-refractivity contribution >= 4 is 44.0 Å². The SMILES string of the molecule is COc1ccccc1C1CCCN1c1ccc(-c2ccc(C(=O)NS(=O)(=O)c3ccc(NCC4CCOCC4)c([N+](=O)[O-])c3)c(Oc3cnc4[nH]ccc4c3)c2)cc1. The number of aromatic amines is 1. The van der Waals surface area contributed by atoms with Crippen molar-refractivity contribution in [2.75, 3.05) is 43.6 Å². The predicted octanol–water partition coefficient (Wildman–Crippen LogP) is 8.24. The van der Waals surface area contributed by atoms with Gasteiger partial charge in [0.15, 0.2) is 0 Å². The van der Waals surface area contributed by atoms with Gasteiger partial charge in [0.25, 0.3) is 21.6 Å². The lowest BCUT2D eigenvalue weighted by atomic mass is 10.0. The highest BCUT2D eigenvalue weighted by atomic mass is 32.2. The molecule has 8 rings (SSSR count). The van der Waals surface area contributed by atoms with Gasteiger partial charge in [-0.25, -0.2) is 18.1 Å². The molecule has 1 unspecified atom stereocenters. The first-order chi connectivity index (χ1) is 28.2. The van der Waals surface area contributed by atoms with Crippen LogP contribution in [0.3, 0.4) is 0 Å². The van der Waals surface area contributed by atoms with Crippen LogP contribution in [0.5, 0.6) is 17.2 Å². The number of nitrogens with zero attached hydrogens (tertiary/aromatic N) is 3. The number of aromatic nitrogens is 2. The van der Waals surface area contributed by atoms with E-state index < -0.39 is 31.4 Å². The van der Waals surface area contributed by atoms with Gasteiger partial charge in [-0.15, -0.1) is 0 Å². The number of nitrogens with one attached hydrogen (secondary N) is 3. The van der Waals surface area contributed by atoms with Gasteiger partial charge in [0.05, 0.1) is 34.7 Å². The van der Waals surface area contributed by atoms with Gasteiger partial charge in [0.1, 0.15) is 28.6 Å². The number of methoxy groups -OCH3 is 1. The number of rotatable bonds is 13. The first-order valence-corrected chi connectivity index (χ1v) is 20.6. The van der Waals surface area contributed by atoms with Crippen LogP contribution in [0.1, 0.15) is 47.6 Å². The number of para-hydroxylation sites is 1. The van der Waals surface area contributed by atoms with Crippen LogP contribution in [-0.2, 0) is 14.8 Å². The Hall–Kier alpha value is -6.45. The second-order valence-electron chi connectivity index (χ2n) is 14.3. The molecular weight excluding hydrogens is 761 g/mol. The molecule has 0 radical (unpaired) electrons. The van der Waals surface area contributed by atoms with E-state index in [0.717, 1.165) is 71.8 Å². The smallest absolute Gasteiger partial charge is 0.293 e. The maximum absolute atomic E-state index is 13.9. The first-order valence-electron chi connectivity index (χ1n) is 19.1. The second kappa shape index (κ2) is 16.6. The third-order valence-electron chi connectivity index (χ3n) is 10.7. The number of carbonyl (C=O) groups is 1. The molecule has 6 aromatic rings. The summed E-state index contributed by atoms with van der Waals surface area (Å²) < 4.78 is 46.7. The molecule has 58 heavy (non-hydrogen) atoms. The second-order valence-corrected chi connectivity index (χ2v) is 16.0. The Morgan fingerprint density at radius 1 is 0.966 bits per heavy atom. The van der Waals surface area contributed by atoms with Crippen LogP contribution in [0.4, 0.5) is 17.1 Å². The van der Waals surface area contributed by atoms with E-state index in [0.29, 0.717) is 31.2 Å². The van der Waals surface area contributed by atoms with Gasteiger partial charge in [0, 0.05) is 55.2 Å². The van der Waals surface area contributed by atoms with Crippen LogP contribution in [-0.4, -0.2) is 62.6 Å². The van der Waals surface area contributed by atoms with Gasteiger partial charge in [-0.1, -0.05) is 36.4 Å². The topological polar surface area (TPSA) is 178 Å². The van der Waals surface area contributed by atoms with Gasteiger partial charge < -0.3 is 29.4 Å². The number of H-pyrrole nitrogens is 1. The van der Waals surface area contributed by atoms with Crippen molar-refractivity contribution in [2.45, 2.75) is 36.6 Å². The van der Waals surface area contributed by atoms with E-state index >= 15 is 0 Å². The number of pyridine rings is 1. The van der Waals surface area contributed by atoms with E-state index in [1.54, 1.807) is 31.5 Å². The summed E-state index contributed by atoms with van der Waals surface area (Å²) in [6, 6.07) is 28.4. The van der Waals surface area contributed by atoms with Gasteiger partial charge in [-0.05, 0) is 97.3 Å². The van der Waals surface area contributed by atoms with Gasteiger partial charge in [0.2, 0.25) is 0 Å². The number of amides is 1. The molecular formula is C43H42N6O8S. The lowest BCUT2D eigenvalue weighted by Gasteiger charge is -2.28. The molecule has 1 atom stereocenters. The van der Waals surface area contributed by atoms with Crippen LogP contribution < -0.4 is 24.4 Å². The van der Waals surface area contributed by atoms with Crippen LogP contribution in [0.25, 0.3) is 22.2 Å². The van der Waals surface area contributed by atoms with Crippen LogP contribution in [0.15, 0.2) is 114 Å². The quantitative estimate of drug-likeness (QED) is 0.0757. The van der Waals surface area contributed by atoms with Crippen molar-refractivity contribution in [3.8, 4) is 28.4 Å². The highest BCUT2D eigenvalue weighted by Gasteiger charge is 2.29. The normalized spacial score (nSPS) is 15.9. The minimum Gasteiger partial charge on any atom is -0.496 e. The summed E-state index contributed by atoms with van der Waals surface area (Å²) in [6.07, 6.45) is 6.94. The number of nitro benzene ring substituents is 1. The Morgan fingerprint density at radius 3 is 2.55 bits per heavy atom. The molecule has 4 aromatic carbocycles. The zero-order valence-corrected chi connectivity index (χ0v) is 32.5. The van der Waals surface area contributed by atoms with Crippen molar-refractivity contribution in [3.63, 3.8) is 0 Å². The largest absolute Gasteiger partial charge is 0.496 e. The van der Waals surface area contributed by atoms with E-state index in [1.807, 2.05) is 36.4 Å². The number of nitro groups is 1. The summed E-state index contributed by atoms with van der Waals surface area (Å²) in [7, 11) is -2.88. The number of carbonyl (C=O) groups excluding carboxylic acids is 1. The van der Waals surface area contributed by atoms with Crippen molar-refractivity contribution < 1.29 is 32.3 Å². The molecule has 0 spiro atoms. The fourth-order valence-corrected chi connectivity index (χ4v) is 8.67. The number of sulfonamides is 1. The molecule has 0 aliphatic carbocycles. The van der Waals surface area contributed by atoms with Crippen LogP contribution in [0.2, 0.25) is 0 Å². The number of hydrogen-bond donors (Lipinski definition) is 3. The molecule has 2 aliphatic heterocycles. The Balaban J connectivity index is 1.06. The zero-order chi connectivity index (χ0) is 40.2. The standard InChI is InChI=1S/C43H42N6O8S/c1-55-40-7-3-2-5-35(40)38-6-4-20-48(38)32-11-8-29(9-12-32)30-10-14-36(41(24-30)57-33-23-31-16-19-44-42(31)46-27-33)43(50)47-58(53,54)34-13-15-37(39(25-34)49(51)52)45-26-28-17-21-56-22-18-28/h2-3,5,7-16,19,23-25,27-28,38,45H,4,6,17-18,20-22,26H2,1H3,(H,44,46)(H,47,50). The lowest BCUT2D eigenvalue weighted by molar-refractivity contribution is -0.384. The summed E-state index contributed by atoms with van der Waals surface area (Å²) in [5.74, 6) is 0.562. The maximum Gasteiger partial charge on any atom is 0.293 e. The Bertz CT molecular complexity index is 2570. The van der Waals surface area contributed by atoms with Gasteiger partial charge in [-0.3, -0.25) is 14.9 Å². The zero-order valence-electron chi connectivity index (χ0n) is 31.7. The first kappa shape index (κ1) is 38.4. The summed E-state index contributed by atoms with van der Waals surface area (Å²) in [4.78, 5) is 34.6. The maximum atomic E-state index is 13.9. The highest BCUT2D eigenvalue weighted by molar-refractivity contribution is 7.90. The third kappa shape index (κ3) is 8.17. The summed E-state index contributed by atoms with van der Waals surface area (Å²) >= 11 is 0. The average molecular weight is 803 g/mol. The lowest BCUT2D eigenvalue weighted by Crippen LogP contribution is -2.31. The molecule has 2 aromatic heterocycles. The average Bonchev–Trinajstić information content (AvgIpc) is 3.93. The van der Waals surface area contributed by atoms with E-state index in [1.165, 1.54) is 24.4 Å². The third-order valence-corrected chi connectivity index (χ3v) is 12.1. The molecule has 1 amide bonds. The molecule has 298 valence electrons. The summed E-state index contributed by atoms with van der Waals surface area (Å²) in [5, 5.41) is 15.9. The fourth-order valence-electron chi connectivity index (χ4n) is 7.68. The molecule has 0 bridgehead atoms. The Labute approximate surface area is 335 Å². The predicted molar refractivity (Wildman–Crippen MR) is 220 cm³/mol. The molecule has 15 heteroatoms. The minimum atomic E-state index is -4.56. The molecule has 2 aliphatic rings. The molecule has 0 saturated carbocycles. The fraction of sp³-hybridized carbons (Fsp3) is 0.256. The molecule has 2 saturated heterocycles. The van der Waals surface area contributed by atoms with E-state index in [9.17, 15) is 23.3 Å². The molecule has 2 fully saturated rings. The number of benzene rings is 4. The molecule has 3 N–H and O–H groups in total. The van der Waals surface area contributed by atoms with Crippen molar-refractivity contribution in [2.24, 2.45) is 5.92 Å². The highest BCUT2D eigenvalue weighted by Crippen LogP contribution is 2.41. The van der Waals surface area contributed by atoms with Gasteiger partial charge >= 0.3 is 0 Å². The van der Waals surface area contributed by atoms with E-state index in [-0.39, 0.29) is 29.0 Å². The van der Waals surface area contributed by atoms with Crippen molar-refractivity contribution in [1.82, 2.24) is 14.7 Å². The number of ether oxygens (including phenoxy) is 3. The number of hydrogen-bond acceptors (Lipinski definition) is 11. The van der Waals surface area contributed by atoms with E-state index in [4.69, 9.17) is 14.2 Å². The molecule has 14 nitrogen and oxygen atoms in total. The Kier molecular flexibility index (Phi) is 11.0. The summed E-state index contributed by atoms with van der Waals surface area (Å²) in [6.45, 7) is 2.62. The van der Waals surface area contributed by atoms with Crippen LogP contribution in [0, 0.1) is 16.0 Å². The number of fused-ring (bicyclic) bond motifs is 1. The summed E-state index contributed by atoms with van der Waals surface area (Å²) in [5.41, 5.74) is 4.11. The minimum absolute atomic E-state index is 0.0703. The van der Waals surface area contributed by atoms with Crippen molar-refractivity contribution in [3.05, 3.63) is 131 Å². The van der Waals surface area contributed by atoms with Gasteiger partial charge in [-0.2, -0.15) is 0 Å². The Morgan fingerprint density at radius 2 is 1.76 bits per heavy atom.